The van der Waals surface area contributed by atoms with Gasteiger partial charge in [0.2, 0.25) is 5.03 Å². The van der Waals surface area contributed by atoms with Crippen LogP contribution in [0.1, 0.15) is 26.7 Å². The lowest BCUT2D eigenvalue weighted by molar-refractivity contribution is 0.377. The highest BCUT2D eigenvalue weighted by molar-refractivity contribution is 7.89. The maximum absolute atomic E-state index is 13.4. The number of hydrogen-bond acceptors (Lipinski definition) is 4. The van der Waals surface area contributed by atoms with Crippen molar-refractivity contribution in [2.24, 2.45) is 5.73 Å². The lowest BCUT2D eigenvalue weighted by Gasteiger charge is -2.28. The summed E-state index contributed by atoms with van der Waals surface area (Å²) in [4.78, 5) is 3.57. The van der Waals surface area contributed by atoms with E-state index < -0.39 is 26.4 Å². The fourth-order valence-electron chi connectivity index (χ4n) is 1.56. The van der Waals surface area contributed by atoms with E-state index in [9.17, 15) is 12.8 Å². The molecule has 0 aliphatic heterocycles. The fourth-order valence-corrected chi connectivity index (χ4v) is 3.08. The van der Waals surface area contributed by atoms with Gasteiger partial charge in [-0.1, -0.05) is 6.92 Å². The standard InChI is InChI=1S/C11H18FN3O2S/c1-3-11(2,6-7-13)15-18(16,17)10-9(12)5-4-8-14-10/h4-5,8,15H,3,6-7,13H2,1-2H3. The molecule has 1 heterocycles. The van der Waals surface area contributed by atoms with Crippen LogP contribution in [0.3, 0.4) is 0 Å². The van der Waals surface area contributed by atoms with Crippen molar-refractivity contribution in [3.05, 3.63) is 24.1 Å². The average Bonchev–Trinajstić information content (AvgIpc) is 2.29. The highest BCUT2D eigenvalue weighted by Crippen LogP contribution is 2.19. The predicted octanol–water partition coefficient (Wildman–Crippen LogP) is 1.02. The van der Waals surface area contributed by atoms with Crippen molar-refractivity contribution < 1.29 is 12.8 Å². The molecule has 0 amide bonds. The predicted molar refractivity (Wildman–Crippen MR) is 66.9 cm³/mol. The molecule has 0 spiro atoms. The molecule has 0 radical (unpaired) electrons. The second-order valence-electron chi connectivity index (χ2n) is 4.35. The minimum Gasteiger partial charge on any atom is -0.330 e. The van der Waals surface area contributed by atoms with Gasteiger partial charge in [0.25, 0.3) is 10.0 Å². The van der Waals surface area contributed by atoms with Crippen LogP contribution in [0.4, 0.5) is 4.39 Å². The Bertz CT molecular complexity index is 507. The van der Waals surface area contributed by atoms with Crippen LogP contribution < -0.4 is 10.5 Å². The summed E-state index contributed by atoms with van der Waals surface area (Å²) in [5, 5.41) is -0.582. The Balaban J connectivity index is 3.06. The first-order valence-electron chi connectivity index (χ1n) is 5.69. The molecule has 18 heavy (non-hydrogen) atoms. The molecule has 1 atom stereocenters. The Morgan fingerprint density at radius 3 is 2.72 bits per heavy atom. The second kappa shape index (κ2) is 5.73. The van der Waals surface area contributed by atoms with Crippen molar-refractivity contribution in [1.29, 1.82) is 0 Å². The number of sulfonamides is 1. The molecule has 1 rings (SSSR count). The first-order chi connectivity index (χ1) is 8.34. The summed E-state index contributed by atoms with van der Waals surface area (Å²) in [5.41, 5.74) is 4.76. The highest BCUT2D eigenvalue weighted by atomic mass is 32.2. The average molecular weight is 275 g/mol. The molecular formula is C11H18FN3O2S. The van der Waals surface area contributed by atoms with Crippen LogP contribution in [0.2, 0.25) is 0 Å². The fraction of sp³-hybridized carbons (Fsp3) is 0.545. The van der Waals surface area contributed by atoms with Crippen molar-refractivity contribution in [2.45, 2.75) is 37.3 Å². The van der Waals surface area contributed by atoms with Gasteiger partial charge in [-0.2, -0.15) is 0 Å². The SMILES string of the molecule is CCC(C)(CCN)NS(=O)(=O)c1ncccc1F. The third kappa shape index (κ3) is 3.47. The van der Waals surface area contributed by atoms with E-state index in [1.54, 1.807) is 6.92 Å². The second-order valence-corrected chi connectivity index (χ2v) is 5.95. The number of nitrogens with zero attached hydrogens (tertiary/aromatic N) is 1. The van der Waals surface area contributed by atoms with Crippen molar-refractivity contribution in [3.63, 3.8) is 0 Å². The Morgan fingerprint density at radius 2 is 2.22 bits per heavy atom. The highest BCUT2D eigenvalue weighted by Gasteiger charge is 2.30. The zero-order valence-electron chi connectivity index (χ0n) is 10.5. The quantitative estimate of drug-likeness (QED) is 0.811. The van der Waals surface area contributed by atoms with Gasteiger partial charge in [0.15, 0.2) is 5.82 Å². The van der Waals surface area contributed by atoms with E-state index in [4.69, 9.17) is 5.73 Å². The van der Waals surface area contributed by atoms with Crippen molar-refractivity contribution >= 4 is 10.0 Å². The Labute approximate surface area is 107 Å². The maximum Gasteiger partial charge on any atom is 0.261 e. The molecule has 0 bridgehead atoms. The van der Waals surface area contributed by atoms with Crippen LogP contribution in [-0.2, 0) is 10.0 Å². The summed E-state index contributed by atoms with van der Waals surface area (Å²) >= 11 is 0. The number of pyridine rings is 1. The Kier molecular flexibility index (Phi) is 4.78. The van der Waals surface area contributed by atoms with Gasteiger partial charge in [0, 0.05) is 11.7 Å². The summed E-state index contributed by atoms with van der Waals surface area (Å²) in [6.07, 6.45) is 2.26. The smallest absolute Gasteiger partial charge is 0.261 e. The molecule has 1 aromatic rings. The molecule has 0 saturated heterocycles. The molecule has 1 unspecified atom stereocenters. The van der Waals surface area contributed by atoms with E-state index in [0.29, 0.717) is 19.4 Å². The van der Waals surface area contributed by atoms with Crippen molar-refractivity contribution in [2.75, 3.05) is 6.54 Å². The van der Waals surface area contributed by atoms with E-state index in [1.807, 2.05) is 6.92 Å². The van der Waals surface area contributed by atoms with Crippen LogP contribution in [0, 0.1) is 5.82 Å². The Hall–Kier alpha value is -1.05. The van der Waals surface area contributed by atoms with Crippen LogP contribution in [0.5, 0.6) is 0 Å². The molecule has 0 fully saturated rings. The van der Waals surface area contributed by atoms with E-state index in [-0.39, 0.29) is 0 Å². The number of rotatable bonds is 6. The van der Waals surface area contributed by atoms with Gasteiger partial charge >= 0.3 is 0 Å². The van der Waals surface area contributed by atoms with E-state index in [1.165, 1.54) is 12.3 Å². The number of nitrogens with two attached hydrogens (primary N) is 1. The van der Waals surface area contributed by atoms with E-state index in [0.717, 1.165) is 6.07 Å². The van der Waals surface area contributed by atoms with E-state index >= 15 is 0 Å². The lowest BCUT2D eigenvalue weighted by atomic mass is 9.96. The normalized spacial score (nSPS) is 15.3. The topological polar surface area (TPSA) is 85.1 Å². The largest absolute Gasteiger partial charge is 0.330 e. The molecular weight excluding hydrogens is 257 g/mol. The third-order valence-corrected chi connectivity index (χ3v) is 4.41. The molecule has 0 saturated carbocycles. The van der Waals surface area contributed by atoms with Crippen LogP contribution >= 0.6 is 0 Å². The van der Waals surface area contributed by atoms with Gasteiger partial charge in [-0.15, -0.1) is 0 Å². The number of aromatic nitrogens is 1. The third-order valence-electron chi connectivity index (χ3n) is 2.84. The van der Waals surface area contributed by atoms with Crippen molar-refractivity contribution in [1.82, 2.24) is 9.71 Å². The Morgan fingerprint density at radius 1 is 1.56 bits per heavy atom. The maximum atomic E-state index is 13.4. The minimum atomic E-state index is -3.97. The van der Waals surface area contributed by atoms with Gasteiger partial charge in [-0.25, -0.2) is 22.5 Å². The molecule has 7 heteroatoms. The van der Waals surface area contributed by atoms with Crippen LogP contribution in [0.25, 0.3) is 0 Å². The van der Waals surface area contributed by atoms with Crippen molar-refractivity contribution in [3.8, 4) is 0 Å². The number of halogens is 1. The van der Waals surface area contributed by atoms with Crippen LogP contribution in [-0.4, -0.2) is 25.5 Å². The van der Waals surface area contributed by atoms with Gasteiger partial charge in [-0.3, -0.25) is 0 Å². The molecule has 102 valence electrons. The molecule has 0 aromatic carbocycles. The summed E-state index contributed by atoms with van der Waals surface area (Å²) in [5.74, 6) is -0.865. The van der Waals surface area contributed by atoms with Crippen LogP contribution in [0.15, 0.2) is 23.4 Å². The first-order valence-corrected chi connectivity index (χ1v) is 7.17. The molecule has 0 aliphatic rings. The minimum absolute atomic E-state index is 0.345. The molecule has 0 aliphatic carbocycles. The number of nitrogens with one attached hydrogen (secondary N) is 1. The summed E-state index contributed by atoms with van der Waals surface area (Å²) in [6.45, 7) is 3.92. The zero-order chi connectivity index (χ0) is 13.8. The molecule has 1 aromatic heterocycles. The zero-order valence-corrected chi connectivity index (χ0v) is 11.3. The van der Waals surface area contributed by atoms with Gasteiger partial charge < -0.3 is 5.73 Å². The number of hydrogen-bond donors (Lipinski definition) is 2. The lowest BCUT2D eigenvalue weighted by Crippen LogP contribution is -2.47. The summed E-state index contributed by atoms with van der Waals surface area (Å²) in [6, 6.07) is 2.40. The summed E-state index contributed by atoms with van der Waals surface area (Å²) < 4.78 is 40.0. The monoisotopic (exact) mass is 275 g/mol. The van der Waals surface area contributed by atoms with Gasteiger partial charge in [0.05, 0.1) is 0 Å². The molecule has 3 N–H and O–H groups in total. The first kappa shape index (κ1) is 15.0. The summed E-state index contributed by atoms with van der Waals surface area (Å²) in [7, 11) is -3.97. The van der Waals surface area contributed by atoms with Gasteiger partial charge in [0.1, 0.15) is 0 Å². The van der Waals surface area contributed by atoms with Gasteiger partial charge in [-0.05, 0) is 38.4 Å². The molecule has 5 nitrogen and oxygen atoms in total. The van der Waals surface area contributed by atoms with E-state index in [2.05, 4.69) is 9.71 Å².